The highest BCUT2D eigenvalue weighted by atomic mass is 16.7. The number of nitro groups is 1. The van der Waals surface area contributed by atoms with Gasteiger partial charge in [-0.25, -0.2) is 5.43 Å². The van der Waals surface area contributed by atoms with Gasteiger partial charge in [-0.15, -0.1) is 0 Å². The lowest BCUT2D eigenvalue weighted by atomic mass is 10.0. The average Bonchev–Trinajstić information content (AvgIpc) is 3.09. The minimum atomic E-state index is -0.516. The first-order valence-electron chi connectivity index (χ1n) is 7.99. The molecule has 1 aliphatic rings. The molecule has 0 aliphatic carbocycles. The fourth-order valence-electron chi connectivity index (χ4n) is 2.51. The number of hydrogen-bond donors (Lipinski definition) is 1. The van der Waals surface area contributed by atoms with Crippen LogP contribution in [-0.4, -0.2) is 23.8 Å². The summed E-state index contributed by atoms with van der Waals surface area (Å²) in [6.07, 6.45) is 2.38. The van der Waals surface area contributed by atoms with Crippen molar-refractivity contribution in [2.75, 3.05) is 6.79 Å². The van der Waals surface area contributed by atoms with Crippen LogP contribution < -0.4 is 14.9 Å². The monoisotopic (exact) mass is 355 g/mol. The number of carbonyl (C=O) groups is 1. The average molecular weight is 355 g/mol. The van der Waals surface area contributed by atoms with Gasteiger partial charge in [0.1, 0.15) is 0 Å². The van der Waals surface area contributed by atoms with E-state index in [2.05, 4.69) is 10.5 Å². The van der Waals surface area contributed by atoms with E-state index in [1.165, 1.54) is 24.3 Å². The minimum absolute atomic E-state index is 0.0672. The fourth-order valence-corrected chi connectivity index (χ4v) is 2.51. The number of nitrogens with one attached hydrogen (secondary N) is 1. The van der Waals surface area contributed by atoms with Crippen LogP contribution in [0.4, 0.5) is 5.69 Å². The summed E-state index contributed by atoms with van der Waals surface area (Å²) in [6, 6.07) is 11.1. The molecule has 0 saturated heterocycles. The summed E-state index contributed by atoms with van der Waals surface area (Å²) in [5, 5.41) is 14.6. The molecule has 8 heteroatoms. The molecule has 0 aromatic heterocycles. The molecule has 8 nitrogen and oxygen atoms in total. The van der Waals surface area contributed by atoms with E-state index in [0.29, 0.717) is 5.56 Å². The fraction of sp³-hybridized carbons (Fsp3) is 0.222. The number of rotatable bonds is 6. The maximum Gasteiger partial charge on any atom is 0.271 e. The summed E-state index contributed by atoms with van der Waals surface area (Å²) in [5.41, 5.74) is 3.74. The molecule has 2 aromatic carbocycles. The van der Waals surface area contributed by atoms with Gasteiger partial charge in [0.2, 0.25) is 6.79 Å². The number of hydrogen-bond acceptors (Lipinski definition) is 6. The van der Waals surface area contributed by atoms with Crippen LogP contribution in [0, 0.1) is 16.0 Å². The molecule has 1 heterocycles. The van der Waals surface area contributed by atoms with Gasteiger partial charge in [0.15, 0.2) is 11.5 Å². The van der Waals surface area contributed by atoms with Crippen molar-refractivity contribution in [3.05, 3.63) is 63.7 Å². The first kappa shape index (κ1) is 17.4. The van der Waals surface area contributed by atoms with Gasteiger partial charge in [-0.3, -0.25) is 14.9 Å². The van der Waals surface area contributed by atoms with Crippen LogP contribution in [0.1, 0.15) is 22.8 Å². The molecule has 0 fully saturated rings. The summed E-state index contributed by atoms with van der Waals surface area (Å²) >= 11 is 0. The van der Waals surface area contributed by atoms with Crippen LogP contribution in [0.5, 0.6) is 11.5 Å². The standard InChI is InChI=1S/C18H17N3O5/c1-12(8-13-2-7-16-17(9-13)26-11-25-16)10-19-20-18(22)14-3-5-15(6-4-14)21(23)24/h2-7,9-10,12H,8,11H2,1H3,(H,20,22)/b19-10-/t12-/m1/s1. The van der Waals surface area contributed by atoms with Crippen molar-refractivity contribution in [3.8, 4) is 11.5 Å². The quantitative estimate of drug-likeness (QED) is 0.487. The molecule has 0 saturated carbocycles. The molecule has 1 aliphatic heterocycles. The van der Waals surface area contributed by atoms with Gasteiger partial charge in [-0.1, -0.05) is 13.0 Å². The molecular weight excluding hydrogens is 338 g/mol. The van der Waals surface area contributed by atoms with Crippen molar-refractivity contribution in [2.24, 2.45) is 11.0 Å². The normalized spacial score (nSPS) is 13.6. The Morgan fingerprint density at radius 1 is 1.27 bits per heavy atom. The first-order valence-corrected chi connectivity index (χ1v) is 7.99. The van der Waals surface area contributed by atoms with E-state index >= 15 is 0 Å². The van der Waals surface area contributed by atoms with Crippen molar-refractivity contribution < 1.29 is 19.2 Å². The highest BCUT2D eigenvalue weighted by Crippen LogP contribution is 2.32. The van der Waals surface area contributed by atoms with Gasteiger partial charge in [-0.2, -0.15) is 5.10 Å². The molecule has 0 unspecified atom stereocenters. The van der Waals surface area contributed by atoms with Gasteiger partial charge in [0, 0.05) is 23.9 Å². The van der Waals surface area contributed by atoms with Gasteiger partial charge in [0.25, 0.3) is 11.6 Å². The Morgan fingerprint density at radius 3 is 2.73 bits per heavy atom. The Morgan fingerprint density at radius 2 is 2.00 bits per heavy atom. The number of fused-ring (bicyclic) bond motifs is 1. The number of ether oxygens (including phenoxy) is 2. The molecule has 2 aromatic rings. The van der Waals surface area contributed by atoms with Gasteiger partial charge >= 0.3 is 0 Å². The lowest BCUT2D eigenvalue weighted by Crippen LogP contribution is -2.18. The molecule has 1 atom stereocenters. The summed E-state index contributed by atoms with van der Waals surface area (Å²) < 4.78 is 10.6. The molecule has 0 spiro atoms. The molecule has 1 N–H and O–H groups in total. The van der Waals surface area contributed by atoms with E-state index in [1.807, 2.05) is 25.1 Å². The van der Waals surface area contributed by atoms with E-state index in [9.17, 15) is 14.9 Å². The summed E-state index contributed by atoms with van der Waals surface area (Å²) in [4.78, 5) is 22.1. The summed E-state index contributed by atoms with van der Waals surface area (Å²) in [6.45, 7) is 2.22. The Kier molecular flexibility index (Phi) is 5.12. The largest absolute Gasteiger partial charge is 0.454 e. The molecular formula is C18H17N3O5. The predicted octanol–water partition coefficient (Wildman–Crippen LogP) is 2.92. The molecule has 134 valence electrons. The second kappa shape index (κ2) is 7.64. The number of amides is 1. The maximum absolute atomic E-state index is 12.0. The van der Waals surface area contributed by atoms with Crippen LogP contribution in [0.15, 0.2) is 47.6 Å². The van der Waals surface area contributed by atoms with Crippen molar-refractivity contribution in [3.63, 3.8) is 0 Å². The van der Waals surface area contributed by atoms with Crippen molar-refractivity contribution in [2.45, 2.75) is 13.3 Å². The van der Waals surface area contributed by atoms with E-state index in [4.69, 9.17) is 9.47 Å². The number of non-ortho nitro benzene ring substituents is 1. The highest BCUT2D eigenvalue weighted by molar-refractivity contribution is 5.94. The zero-order chi connectivity index (χ0) is 18.5. The van der Waals surface area contributed by atoms with Gasteiger partial charge < -0.3 is 9.47 Å². The van der Waals surface area contributed by atoms with Crippen molar-refractivity contribution >= 4 is 17.8 Å². The lowest BCUT2D eigenvalue weighted by Gasteiger charge is -2.07. The summed E-state index contributed by atoms with van der Waals surface area (Å²) in [7, 11) is 0. The number of carbonyl (C=O) groups excluding carboxylic acids is 1. The molecule has 26 heavy (non-hydrogen) atoms. The molecule has 3 rings (SSSR count). The van der Waals surface area contributed by atoms with E-state index in [-0.39, 0.29) is 18.4 Å². The second-order valence-corrected chi connectivity index (χ2v) is 5.89. The lowest BCUT2D eigenvalue weighted by molar-refractivity contribution is -0.384. The zero-order valence-corrected chi connectivity index (χ0v) is 14.0. The smallest absolute Gasteiger partial charge is 0.271 e. The van der Waals surface area contributed by atoms with Crippen LogP contribution in [0.3, 0.4) is 0 Å². The third-order valence-electron chi connectivity index (χ3n) is 3.83. The van der Waals surface area contributed by atoms with Crippen LogP contribution >= 0.6 is 0 Å². The Balaban J connectivity index is 1.52. The van der Waals surface area contributed by atoms with Crippen LogP contribution in [0.2, 0.25) is 0 Å². The second-order valence-electron chi connectivity index (χ2n) is 5.89. The number of benzene rings is 2. The summed E-state index contributed by atoms with van der Waals surface area (Å²) in [5.74, 6) is 1.14. The van der Waals surface area contributed by atoms with E-state index in [1.54, 1.807) is 6.21 Å². The third-order valence-corrected chi connectivity index (χ3v) is 3.83. The minimum Gasteiger partial charge on any atom is -0.454 e. The van der Waals surface area contributed by atoms with Crippen molar-refractivity contribution in [1.29, 1.82) is 0 Å². The van der Waals surface area contributed by atoms with Crippen LogP contribution in [0.25, 0.3) is 0 Å². The molecule has 0 bridgehead atoms. The Bertz CT molecular complexity index is 848. The maximum atomic E-state index is 12.0. The Hall–Kier alpha value is -3.42. The Labute approximate surface area is 149 Å². The molecule has 1 amide bonds. The third kappa shape index (κ3) is 4.15. The number of nitro benzene ring substituents is 1. The molecule has 0 radical (unpaired) electrons. The predicted molar refractivity (Wildman–Crippen MR) is 94.5 cm³/mol. The zero-order valence-electron chi connectivity index (χ0n) is 14.0. The topological polar surface area (TPSA) is 103 Å². The SMILES string of the molecule is C[C@@H](/C=N\NC(=O)c1ccc([N+](=O)[O-])cc1)Cc1ccc2c(c1)OCO2. The van der Waals surface area contributed by atoms with E-state index < -0.39 is 10.8 Å². The highest BCUT2D eigenvalue weighted by Gasteiger charge is 2.14. The van der Waals surface area contributed by atoms with Gasteiger partial charge in [-0.05, 0) is 42.2 Å². The van der Waals surface area contributed by atoms with E-state index in [0.717, 1.165) is 23.5 Å². The van der Waals surface area contributed by atoms with Crippen molar-refractivity contribution in [1.82, 2.24) is 5.43 Å². The number of nitrogens with zero attached hydrogens (tertiary/aromatic N) is 2. The van der Waals surface area contributed by atoms with Crippen LogP contribution in [-0.2, 0) is 6.42 Å². The van der Waals surface area contributed by atoms with Gasteiger partial charge in [0.05, 0.1) is 4.92 Å². The first-order chi connectivity index (χ1) is 12.5. The number of hydrazone groups is 1.